The summed E-state index contributed by atoms with van der Waals surface area (Å²) in [7, 11) is -3.75. The highest BCUT2D eigenvalue weighted by Gasteiger charge is 2.30. The number of anilines is 2. The normalized spacial score (nSPS) is 15.8. The lowest BCUT2D eigenvalue weighted by Gasteiger charge is -2.20. The van der Waals surface area contributed by atoms with Crippen molar-refractivity contribution in [3.8, 4) is 0 Å². The highest BCUT2D eigenvalue weighted by atomic mass is 32.2. The summed E-state index contributed by atoms with van der Waals surface area (Å²) >= 11 is 0. The van der Waals surface area contributed by atoms with Crippen LogP contribution in [0.25, 0.3) is 0 Å². The molecule has 2 amide bonds. The van der Waals surface area contributed by atoms with Gasteiger partial charge in [0.2, 0.25) is 21.8 Å². The van der Waals surface area contributed by atoms with Crippen molar-refractivity contribution < 1.29 is 18.0 Å². The molecule has 1 aliphatic rings. The van der Waals surface area contributed by atoms with Crippen LogP contribution in [0.1, 0.15) is 51.2 Å². The van der Waals surface area contributed by atoms with E-state index in [2.05, 4.69) is 23.9 Å². The van der Waals surface area contributed by atoms with Gasteiger partial charge >= 0.3 is 0 Å². The molecule has 3 rings (SSSR count). The molecule has 2 aromatic rings. The first kappa shape index (κ1) is 23.0. The molecule has 0 unspecified atom stereocenters. The maximum Gasteiger partial charge on any atom is 0.240 e. The first-order chi connectivity index (χ1) is 14.6. The van der Waals surface area contributed by atoms with E-state index in [0.717, 1.165) is 11.3 Å². The topological polar surface area (TPSA) is 95.6 Å². The van der Waals surface area contributed by atoms with Crippen LogP contribution in [0.5, 0.6) is 0 Å². The number of amides is 2. The molecule has 1 aliphatic heterocycles. The third-order valence-corrected chi connectivity index (χ3v) is 6.88. The Labute approximate surface area is 183 Å². The predicted molar refractivity (Wildman–Crippen MR) is 122 cm³/mol. The predicted octanol–water partition coefficient (Wildman–Crippen LogP) is 3.41. The molecule has 1 heterocycles. The van der Waals surface area contributed by atoms with Crippen molar-refractivity contribution in [1.82, 2.24) is 4.72 Å². The van der Waals surface area contributed by atoms with Crippen molar-refractivity contribution in [2.24, 2.45) is 0 Å². The molecule has 0 saturated carbocycles. The van der Waals surface area contributed by atoms with E-state index in [1.165, 1.54) is 18.6 Å². The molecule has 0 fully saturated rings. The van der Waals surface area contributed by atoms with E-state index in [-0.39, 0.29) is 35.7 Å². The highest BCUT2D eigenvalue weighted by molar-refractivity contribution is 7.89. The summed E-state index contributed by atoms with van der Waals surface area (Å²) in [5.41, 5.74) is 3.44. The maximum atomic E-state index is 12.6. The third-order valence-electron chi connectivity index (χ3n) is 5.42. The van der Waals surface area contributed by atoms with Crippen LogP contribution in [0, 0.1) is 0 Å². The molecule has 166 valence electrons. The standard InChI is InChI=1S/C23H29N3O4S/c1-15(2)18-5-7-20(8-6-18)25-23(28)11-12-24-31(29,30)21-9-10-22-19(14-21)13-16(3)26(22)17(4)27/h5-10,14-16,24H,11-13H2,1-4H3,(H,25,28)/t16-/m0/s1. The second kappa shape index (κ2) is 9.20. The van der Waals surface area contributed by atoms with E-state index in [9.17, 15) is 18.0 Å². The van der Waals surface area contributed by atoms with Gasteiger partial charge in [-0.1, -0.05) is 26.0 Å². The van der Waals surface area contributed by atoms with Gasteiger partial charge in [0.05, 0.1) is 4.90 Å². The Hall–Kier alpha value is -2.71. The number of nitrogens with one attached hydrogen (secondary N) is 2. The van der Waals surface area contributed by atoms with Gasteiger partial charge in [0.1, 0.15) is 0 Å². The molecule has 2 aromatic carbocycles. The smallest absolute Gasteiger partial charge is 0.240 e. The first-order valence-corrected chi connectivity index (χ1v) is 11.9. The Morgan fingerprint density at radius 3 is 2.42 bits per heavy atom. The van der Waals surface area contributed by atoms with Crippen LogP contribution in [0.2, 0.25) is 0 Å². The molecule has 1 atom stereocenters. The van der Waals surface area contributed by atoms with Crippen LogP contribution in [0.15, 0.2) is 47.4 Å². The molecule has 31 heavy (non-hydrogen) atoms. The quantitative estimate of drug-likeness (QED) is 0.685. The van der Waals surface area contributed by atoms with Crippen LogP contribution in [-0.2, 0) is 26.0 Å². The van der Waals surface area contributed by atoms with Gasteiger partial charge in [-0.25, -0.2) is 13.1 Å². The van der Waals surface area contributed by atoms with Crippen molar-refractivity contribution in [2.45, 2.75) is 57.4 Å². The number of benzene rings is 2. The van der Waals surface area contributed by atoms with Gasteiger partial charge in [0.25, 0.3) is 0 Å². The van der Waals surface area contributed by atoms with E-state index < -0.39 is 10.0 Å². The Kier molecular flexibility index (Phi) is 6.81. The van der Waals surface area contributed by atoms with Gasteiger partial charge in [-0.15, -0.1) is 0 Å². The monoisotopic (exact) mass is 443 g/mol. The molecule has 0 aliphatic carbocycles. The molecular weight excluding hydrogens is 414 g/mol. The van der Waals surface area contributed by atoms with Crippen LogP contribution in [0.3, 0.4) is 0 Å². The molecule has 0 bridgehead atoms. The minimum absolute atomic E-state index is 0.00304. The molecule has 0 radical (unpaired) electrons. The first-order valence-electron chi connectivity index (χ1n) is 10.4. The van der Waals surface area contributed by atoms with E-state index in [4.69, 9.17) is 0 Å². The fourth-order valence-electron chi connectivity index (χ4n) is 3.81. The maximum absolute atomic E-state index is 12.6. The SMILES string of the molecule is CC(=O)N1c2ccc(S(=O)(=O)NCCC(=O)Nc3ccc(C(C)C)cc3)cc2C[C@@H]1C. The summed E-state index contributed by atoms with van der Waals surface area (Å²) in [5, 5.41) is 2.78. The van der Waals surface area contributed by atoms with Gasteiger partial charge in [-0.3, -0.25) is 9.59 Å². The summed E-state index contributed by atoms with van der Waals surface area (Å²) in [6.45, 7) is 7.62. The summed E-state index contributed by atoms with van der Waals surface area (Å²) in [5.74, 6) is 0.0804. The second-order valence-electron chi connectivity index (χ2n) is 8.21. The van der Waals surface area contributed by atoms with Gasteiger partial charge in [-0.05, 0) is 60.7 Å². The summed E-state index contributed by atoms with van der Waals surface area (Å²) in [6.07, 6.45) is 0.627. The molecular formula is C23H29N3O4S. The molecule has 0 aromatic heterocycles. The van der Waals surface area contributed by atoms with Gasteiger partial charge in [0, 0.05) is 37.3 Å². The van der Waals surface area contributed by atoms with Crippen molar-refractivity contribution in [3.63, 3.8) is 0 Å². The zero-order chi connectivity index (χ0) is 22.8. The van der Waals surface area contributed by atoms with Crippen LogP contribution in [0.4, 0.5) is 11.4 Å². The largest absolute Gasteiger partial charge is 0.326 e. The van der Waals surface area contributed by atoms with E-state index in [1.54, 1.807) is 17.0 Å². The number of sulfonamides is 1. The van der Waals surface area contributed by atoms with Crippen LogP contribution < -0.4 is 14.9 Å². The summed E-state index contributed by atoms with van der Waals surface area (Å²) in [4.78, 5) is 25.8. The Bertz CT molecular complexity index is 1080. The average Bonchev–Trinajstić information content (AvgIpc) is 3.03. The lowest BCUT2D eigenvalue weighted by Crippen LogP contribution is -2.33. The fourth-order valence-corrected chi connectivity index (χ4v) is 4.89. The molecule has 2 N–H and O–H groups in total. The lowest BCUT2D eigenvalue weighted by atomic mass is 10.0. The average molecular weight is 444 g/mol. The zero-order valence-electron chi connectivity index (χ0n) is 18.3. The van der Waals surface area contributed by atoms with Crippen molar-refractivity contribution in [3.05, 3.63) is 53.6 Å². The minimum Gasteiger partial charge on any atom is -0.326 e. The van der Waals surface area contributed by atoms with Crippen LogP contribution >= 0.6 is 0 Å². The fraction of sp³-hybridized carbons (Fsp3) is 0.391. The van der Waals surface area contributed by atoms with Crippen LogP contribution in [-0.4, -0.2) is 32.8 Å². The number of carbonyl (C=O) groups excluding carboxylic acids is 2. The number of hydrogen-bond donors (Lipinski definition) is 2. The number of nitrogens with zero attached hydrogens (tertiary/aromatic N) is 1. The second-order valence-corrected chi connectivity index (χ2v) is 9.97. The van der Waals surface area contributed by atoms with Crippen molar-refractivity contribution >= 4 is 33.2 Å². The Morgan fingerprint density at radius 1 is 1.13 bits per heavy atom. The minimum atomic E-state index is -3.75. The molecule has 8 heteroatoms. The summed E-state index contributed by atoms with van der Waals surface area (Å²) in [6, 6.07) is 12.4. The van der Waals surface area contributed by atoms with Gasteiger partial charge < -0.3 is 10.2 Å². The van der Waals surface area contributed by atoms with Crippen molar-refractivity contribution in [2.75, 3.05) is 16.8 Å². The Morgan fingerprint density at radius 2 is 1.81 bits per heavy atom. The van der Waals surface area contributed by atoms with E-state index in [0.29, 0.717) is 18.0 Å². The van der Waals surface area contributed by atoms with Gasteiger partial charge in [-0.2, -0.15) is 0 Å². The summed E-state index contributed by atoms with van der Waals surface area (Å²) < 4.78 is 27.8. The zero-order valence-corrected chi connectivity index (χ0v) is 19.1. The number of fused-ring (bicyclic) bond motifs is 1. The van der Waals surface area contributed by atoms with E-state index in [1.807, 2.05) is 31.2 Å². The number of carbonyl (C=O) groups is 2. The van der Waals surface area contributed by atoms with Gasteiger partial charge in [0.15, 0.2) is 0 Å². The van der Waals surface area contributed by atoms with Crippen molar-refractivity contribution in [1.29, 1.82) is 0 Å². The Balaban J connectivity index is 1.57. The number of rotatable bonds is 7. The molecule has 0 spiro atoms. The molecule has 7 nitrogen and oxygen atoms in total. The highest BCUT2D eigenvalue weighted by Crippen LogP contribution is 2.33. The molecule has 0 saturated heterocycles. The number of hydrogen-bond acceptors (Lipinski definition) is 4. The van der Waals surface area contributed by atoms with E-state index >= 15 is 0 Å². The lowest BCUT2D eigenvalue weighted by molar-refractivity contribution is -0.117. The third kappa shape index (κ3) is 5.32.